The van der Waals surface area contributed by atoms with Crippen LogP contribution in [0.5, 0.6) is 0 Å². The summed E-state index contributed by atoms with van der Waals surface area (Å²) in [5, 5.41) is 1.11. The van der Waals surface area contributed by atoms with Crippen molar-refractivity contribution in [1.82, 2.24) is 9.88 Å². The number of H-pyrrole nitrogens is 1. The largest absolute Gasteiger partial charge is 0.361 e. The Morgan fingerprint density at radius 1 is 1.29 bits per heavy atom. The van der Waals surface area contributed by atoms with Crippen molar-refractivity contribution in [3.63, 3.8) is 0 Å². The molecule has 0 fully saturated rings. The monoisotopic (exact) mass is 283 g/mol. The smallest absolute Gasteiger partial charge is 0.240 e. The van der Waals surface area contributed by atoms with E-state index in [2.05, 4.69) is 18.1 Å². The average Bonchev–Trinajstić information content (AvgIpc) is 2.89. The lowest BCUT2D eigenvalue weighted by molar-refractivity contribution is -0.131. The summed E-state index contributed by atoms with van der Waals surface area (Å²) in [6, 6.07) is 7.43. The zero-order valence-corrected chi connectivity index (χ0v) is 12.1. The van der Waals surface area contributed by atoms with Crippen LogP contribution in [0.1, 0.15) is 5.56 Å². The van der Waals surface area contributed by atoms with Crippen molar-refractivity contribution in [3.8, 4) is 0 Å². The van der Waals surface area contributed by atoms with Gasteiger partial charge in [0.2, 0.25) is 5.91 Å². The Morgan fingerprint density at radius 2 is 1.95 bits per heavy atom. The van der Waals surface area contributed by atoms with Gasteiger partial charge >= 0.3 is 0 Å². The number of para-hydroxylation sites is 1. The molecule has 0 saturated carbocycles. The van der Waals surface area contributed by atoms with Crippen LogP contribution < -0.4 is 5.73 Å². The van der Waals surface area contributed by atoms with Gasteiger partial charge in [-0.3, -0.25) is 4.79 Å². The first-order valence-electron chi connectivity index (χ1n) is 6.98. The normalized spacial score (nSPS) is 12.0. The average molecular weight is 283 g/mol. The minimum Gasteiger partial charge on any atom is -0.361 e. The second kappa shape index (κ2) is 6.90. The third-order valence-electron chi connectivity index (χ3n) is 3.44. The minimum absolute atomic E-state index is 0.0833. The molecule has 1 aromatic carbocycles. The molecule has 1 atom stereocenters. The molecule has 1 unspecified atom stereocenters. The van der Waals surface area contributed by atoms with Crippen LogP contribution in [0.25, 0.3) is 10.9 Å². The van der Waals surface area contributed by atoms with Gasteiger partial charge in [-0.15, -0.1) is 13.2 Å². The molecular weight excluding hydrogens is 262 g/mol. The molecule has 0 aliphatic rings. The molecule has 4 nitrogen and oxygen atoms in total. The molecular formula is C17H21N3O. The maximum atomic E-state index is 12.4. The van der Waals surface area contributed by atoms with Crippen molar-refractivity contribution in [2.75, 3.05) is 13.1 Å². The van der Waals surface area contributed by atoms with Crippen LogP contribution in [-0.2, 0) is 11.2 Å². The van der Waals surface area contributed by atoms with Crippen molar-refractivity contribution in [2.45, 2.75) is 12.5 Å². The van der Waals surface area contributed by atoms with E-state index in [4.69, 9.17) is 5.73 Å². The Balaban J connectivity index is 2.12. The molecule has 2 rings (SSSR count). The number of nitrogens with zero attached hydrogens (tertiary/aromatic N) is 1. The fourth-order valence-corrected chi connectivity index (χ4v) is 2.43. The van der Waals surface area contributed by atoms with Crippen LogP contribution in [0.2, 0.25) is 0 Å². The number of aromatic nitrogens is 1. The minimum atomic E-state index is -0.566. The number of carbonyl (C=O) groups excluding carboxylic acids is 1. The summed E-state index contributed by atoms with van der Waals surface area (Å²) >= 11 is 0. The SMILES string of the molecule is C=CCN(CC=C)C(=O)C(N)Cc1c[nH]c2ccccc12. The van der Waals surface area contributed by atoms with Crippen LogP contribution in [0.15, 0.2) is 55.8 Å². The number of aromatic amines is 1. The van der Waals surface area contributed by atoms with E-state index in [9.17, 15) is 4.79 Å². The van der Waals surface area contributed by atoms with Crippen molar-refractivity contribution in [3.05, 3.63) is 61.3 Å². The standard InChI is InChI=1S/C17H21N3O/c1-3-9-20(10-4-2)17(21)15(18)11-13-12-19-16-8-6-5-7-14(13)16/h3-8,12,15,19H,1-2,9-11,18H2. The van der Waals surface area contributed by atoms with E-state index in [1.807, 2.05) is 30.5 Å². The molecule has 0 bridgehead atoms. The fraction of sp³-hybridized carbons (Fsp3) is 0.235. The molecule has 3 N–H and O–H groups in total. The van der Waals surface area contributed by atoms with Crippen LogP contribution in [0.4, 0.5) is 0 Å². The molecule has 1 heterocycles. The van der Waals surface area contributed by atoms with E-state index in [-0.39, 0.29) is 5.91 Å². The van der Waals surface area contributed by atoms with E-state index < -0.39 is 6.04 Å². The predicted octanol–water partition coefficient (Wildman–Crippen LogP) is 2.24. The number of benzene rings is 1. The first-order chi connectivity index (χ1) is 10.2. The van der Waals surface area contributed by atoms with Crippen molar-refractivity contribution < 1.29 is 4.79 Å². The number of rotatable bonds is 7. The highest BCUT2D eigenvalue weighted by atomic mass is 16.2. The lowest BCUT2D eigenvalue weighted by atomic mass is 10.0. The van der Waals surface area contributed by atoms with Gasteiger partial charge in [0, 0.05) is 30.2 Å². The van der Waals surface area contributed by atoms with Crippen LogP contribution in [0.3, 0.4) is 0 Å². The molecule has 0 aliphatic carbocycles. The Bertz CT molecular complexity index is 634. The first kappa shape index (κ1) is 15.1. The molecule has 0 spiro atoms. The zero-order valence-electron chi connectivity index (χ0n) is 12.1. The molecule has 110 valence electrons. The Morgan fingerprint density at radius 3 is 2.62 bits per heavy atom. The molecule has 2 aromatic rings. The highest BCUT2D eigenvalue weighted by Crippen LogP contribution is 2.19. The van der Waals surface area contributed by atoms with Gasteiger partial charge in [-0.1, -0.05) is 30.4 Å². The molecule has 0 radical (unpaired) electrons. The van der Waals surface area contributed by atoms with E-state index in [1.54, 1.807) is 17.1 Å². The van der Waals surface area contributed by atoms with Crippen LogP contribution >= 0.6 is 0 Å². The second-order valence-corrected chi connectivity index (χ2v) is 4.99. The van der Waals surface area contributed by atoms with E-state index in [0.717, 1.165) is 16.5 Å². The molecule has 0 saturated heterocycles. The van der Waals surface area contributed by atoms with Crippen LogP contribution in [-0.4, -0.2) is 34.9 Å². The molecule has 0 aliphatic heterocycles. The summed E-state index contributed by atoms with van der Waals surface area (Å²) in [5.41, 5.74) is 8.20. The third kappa shape index (κ3) is 3.41. The number of amides is 1. The lowest BCUT2D eigenvalue weighted by Gasteiger charge is -2.23. The van der Waals surface area contributed by atoms with Gasteiger partial charge in [0.15, 0.2) is 0 Å². The number of fused-ring (bicyclic) bond motifs is 1. The van der Waals surface area contributed by atoms with Gasteiger partial charge in [0.25, 0.3) is 0 Å². The summed E-state index contributed by atoms with van der Waals surface area (Å²) < 4.78 is 0. The Labute approximate surface area is 124 Å². The second-order valence-electron chi connectivity index (χ2n) is 4.99. The van der Waals surface area contributed by atoms with Gasteiger partial charge in [0.05, 0.1) is 6.04 Å². The predicted molar refractivity (Wildman–Crippen MR) is 87.0 cm³/mol. The molecule has 1 amide bonds. The Hall–Kier alpha value is -2.33. The zero-order chi connectivity index (χ0) is 15.2. The lowest BCUT2D eigenvalue weighted by Crippen LogP contribution is -2.45. The van der Waals surface area contributed by atoms with Crippen LogP contribution in [0, 0.1) is 0 Å². The number of carbonyl (C=O) groups is 1. The maximum Gasteiger partial charge on any atom is 0.240 e. The van der Waals surface area contributed by atoms with Crippen molar-refractivity contribution in [2.24, 2.45) is 5.73 Å². The summed E-state index contributed by atoms with van der Waals surface area (Å²) in [7, 11) is 0. The quantitative estimate of drug-likeness (QED) is 0.765. The van der Waals surface area contributed by atoms with E-state index in [1.165, 1.54) is 0 Å². The highest BCUT2D eigenvalue weighted by Gasteiger charge is 2.20. The number of hydrogen-bond acceptors (Lipinski definition) is 2. The molecule has 4 heteroatoms. The topological polar surface area (TPSA) is 62.1 Å². The maximum absolute atomic E-state index is 12.4. The molecule has 21 heavy (non-hydrogen) atoms. The third-order valence-corrected chi connectivity index (χ3v) is 3.44. The number of nitrogens with two attached hydrogens (primary N) is 1. The van der Waals surface area contributed by atoms with Gasteiger partial charge in [-0.2, -0.15) is 0 Å². The van der Waals surface area contributed by atoms with Gasteiger partial charge in [-0.25, -0.2) is 0 Å². The number of hydrogen-bond donors (Lipinski definition) is 2. The number of nitrogens with one attached hydrogen (secondary N) is 1. The van der Waals surface area contributed by atoms with Crippen molar-refractivity contribution >= 4 is 16.8 Å². The van der Waals surface area contributed by atoms with Gasteiger partial charge in [0.1, 0.15) is 0 Å². The Kier molecular flexibility index (Phi) is 4.95. The summed E-state index contributed by atoms with van der Waals surface area (Å²) in [5.74, 6) is -0.0833. The van der Waals surface area contributed by atoms with E-state index in [0.29, 0.717) is 19.5 Å². The summed E-state index contributed by atoms with van der Waals surface area (Å²) in [6.45, 7) is 8.29. The van der Waals surface area contributed by atoms with Gasteiger partial charge in [-0.05, 0) is 18.1 Å². The molecule has 1 aromatic heterocycles. The van der Waals surface area contributed by atoms with E-state index >= 15 is 0 Å². The highest BCUT2D eigenvalue weighted by molar-refractivity contribution is 5.86. The van der Waals surface area contributed by atoms with Gasteiger partial charge < -0.3 is 15.6 Å². The fourth-order valence-electron chi connectivity index (χ4n) is 2.43. The summed E-state index contributed by atoms with van der Waals surface area (Å²) in [4.78, 5) is 17.2. The first-order valence-corrected chi connectivity index (χ1v) is 6.98. The van der Waals surface area contributed by atoms with Crippen molar-refractivity contribution in [1.29, 1.82) is 0 Å². The summed E-state index contributed by atoms with van der Waals surface area (Å²) in [6.07, 6.45) is 5.82.